The largest absolute Gasteiger partial charge is 0.486 e. The van der Waals surface area contributed by atoms with Crippen LogP contribution in [0.25, 0.3) is 0 Å². The monoisotopic (exact) mass is 376 g/mol. The van der Waals surface area contributed by atoms with E-state index in [1.807, 2.05) is 12.1 Å². The van der Waals surface area contributed by atoms with E-state index in [0.717, 1.165) is 23.9 Å². The molecule has 0 radical (unpaired) electrons. The average Bonchev–Trinajstić information content (AvgIpc) is 3.03. The van der Waals surface area contributed by atoms with Gasteiger partial charge in [-0.25, -0.2) is 0 Å². The van der Waals surface area contributed by atoms with E-state index in [1.165, 1.54) is 11.8 Å². The van der Waals surface area contributed by atoms with E-state index >= 15 is 0 Å². The molecule has 0 fully saturated rings. The van der Waals surface area contributed by atoms with Gasteiger partial charge in [-0.05, 0) is 18.6 Å². The first-order chi connectivity index (χ1) is 12.6. The zero-order chi connectivity index (χ0) is 18.5. The second kappa shape index (κ2) is 8.44. The molecule has 3 rings (SSSR count). The predicted molar refractivity (Wildman–Crippen MR) is 101 cm³/mol. The van der Waals surface area contributed by atoms with Crippen molar-refractivity contribution in [3.8, 4) is 11.5 Å². The number of anilines is 1. The number of hydrogen-bond donors (Lipinski definition) is 1. The summed E-state index contributed by atoms with van der Waals surface area (Å²) in [4.78, 5) is 12.3. The van der Waals surface area contributed by atoms with E-state index in [4.69, 9.17) is 9.47 Å². The Balaban J connectivity index is 1.61. The molecule has 0 atom stereocenters. The number of amides is 1. The van der Waals surface area contributed by atoms with Crippen molar-refractivity contribution < 1.29 is 14.3 Å². The van der Waals surface area contributed by atoms with Gasteiger partial charge in [0.15, 0.2) is 16.7 Å². The summed E-state index contributed by atoms with van der Waals surface area (Å²) in [5.41, 5.74) is 0.692. The topological polar surface area (TPSA) is 78.3 Å². The zero-order valence-electron chi connectivity index (χ0n) is 15.3. The number of carbonyl (C=O) groups is 1. The van der Waals surface area contributed by atoms with Crippen LogP contribution in [0, 0.1) is 0 Å². The Kier molecular flexibility index (Phi) is 6.03. The van der Waals surface area contributed by atoms with Crippen LogP contribution >= 0.6 is 11.8 Å². The lowest BCUT2D eigenvalue weighted by Gasteiger charge is -2.19. The Hall–Kier alpha value is -2.22. The number of benzene rings is 1. The van der Waals surface area contributed by atoms with Crippen LogP contribution in [0.4, 0.5) is 5.69 Å². The van der Waals surface area contributed by atoms with Gasteiger partial charge in [0.2, 0.25) is 5.91 Å². The molecule has 0 saturated heterocycles. The maximum atomic E-state index is 12.3. The van der Waals surface area contributed by atoms with Gasteiger partial charge in [-0.2, -0.15) is 0 Å². The third-order valence-electron chi connectivity index (χ3n) is 3.87. The molecule has 0 bridgehead atoms. The Labute approximate surface area is 157 Å². The van der Waals surface area contributed by atoms with Crippen molar-refractivity contribution in [1.29, 1.82) is 0 Å². The number of ether oxygens (including phenoxy) is 2. The van der Waals surface area contributed by atoms with Crippen molar-refractivity contribution in [2.45, 2.75) is 44.8 Å². The molecule has 8 heteroatoms. The van der Waals surface area contributed by atoms with Gasteiger partial charge in [0.25, 0.3) is 0 Å². The Morgan fingerprint density at radius 3 is 2.77 bits per heavy atom. The van der Waals surface area contributed by atoms with Gasteiger partial charge in [0.1, 0.15) is 19.0 Å². The number of hydrogen-bond acceptors (Lipinski definition) is 6. The zero-order valence-corrected chi connectivity index (χ0v) is 16.1. The molecule has 140 valence electrons. The van der Waals surface area contributed by atoms with Crippen LogP contribution in [-0.2, 0) is 11.3 Å². The lowest BCUT2D eigenvalue weighted by Crippen LogP contribution is -2.17. The second-order valence-electron chi connectivity index (χ2n) is 6.34. The van der Waals surface area contributed by atoms with Crippen LogP contribution in [0.15, 0.2) is 23.4 Å². The summed E-state index contributed by atoms with van der Waals surface area (Å²) in [6.45, 7) is 8.23. The Bertz CT molecular complexity index is 776. The second-order valence-corrected chi connectivity index (χ2v) is 7.28. The first-order valence-corrected chi connectivity index (χ1v) is 9.82. The van der Waals surface area contributed by atoms with E-state index in [9.17, 15) is 4.79 Å². The van der Waals surface area contributed by atoms with Crippen molar-refractivity contribution in [3.63, 3.8) is 0 Å². The molecule has 1 N–H and O–H groups in total. The number of aromatic nitrogens is 3. The number of carbonyl (C=O) groups excluding carboxylic acids is 1. The van der Waals surface area contributed by atoms with Gasteiger partial charge >= 0.3 is 0 Å². The molecular weight excluding hydrogens is 352 g/mol. The van der Waals surface area contributed by atoms with Crippen LogP contribution in [0.3, 0.4) is 0 Å². The Morgan fingerprint density at radius 1 is 1.27 bits per heavy atom. The van der Waals surface area contributed by atoms with Crippen molar-refractivity contribution in [2.75, 3.05) is 24.3 Å². The fourth-order valence-electron chi connectivity index (χ4n) is 2.72. The van der Waals surface area contributed by atoms with Gasteiger partial charge in [-0.15, -0.1) is 10.2 Å². The smallest absolute Gasteiger partial charge is 0.234 e. The number of rotatable bonds is 7. The molecular formula is C18H24N4O3S. The normalized spacial score (nSPS) is 13.1. The maximum absolute atomic E-state index is 12.3. The third kappa shape index (κ3) is 4.30. The van der Waals surface area contributed by atoms with Crippen molar-refractivity contribution >= 4 is 23.4 Å². The quantitative estimate of drug-likeness (QED) is 0.747. The first-order valence-electron chi connectivity index (χ1n) is 8.84. The first kappa shape index (κ1) is 18.6. The van der Waals surface area contributed by atoms with E-state index in [1.54, 1.807) is 6.07 Å². The summed E-state index contributed by atoms with van der Waals surface area (Å²) in [5.74, 6) is 2.80. The summed E-state index contributed by atoms with van der Waals surface area (Å²) in [7, 11) is 0. The van der Waals surface area contributed by atoms with Crippen molar-refractivity contribution in [2.24, 2.45) is 0 Å². The van der Waals surface area contributed by atoms with E-state index in [2.05, 4.69) is 40.9 Å². The van der Waals surface area contributed by atoms with Crippen LogP contribution in [0.1, 0.15) is 38.9 Å². The fourth-order valence-corrected chi connectivity index (χ4v) is 3.49. The molecule has 0 spiro atoms. The summed E-state index contributed by atoms with van der Waals surface area (Å²) in [6, 6.07) is 5.41. The molecule has 0 unspecified atom stereocenters. The minimum absolute atomic E-state index is 0.0937. The molecule has 7 nitrogen and oxygen atoms in total. The fraction of sp³-hybridized carbons (Fsp3) is 0.500. The average molecular weight is 376 g/mol. The summed E-state index contributed by atoms with van der Waals surface area (Å²) >= 11 is 1.40. The molecule has 1 amide bonds. The molecule has 1 aromatic carbocycles. The lowest BCUT2D eigenvalue weighted by molar-refractivity contribution is -0.113. The molecule has 26 heavy (non-hydrogen) atoms. The molecule has 1 aliphatic rings. The SMILES string of the molecule is CCCn1c(SCC(=O)Nc2ccc3c(c2)OCCO3)nnc1C(C)C. The molecule has 2 heterocycles. The third-order valence-corrected chi connectivity index (χ3v) is 4.83. The highest BCUT2D eigenvalue weighted by atomic mass is 32.2. The van der Waals surface area contributed by atoms with Gasteiger partial charge < -0.3 is 19.4 Å². The highest BCUT2D eigenvalue weighted by Gasteiger charge is 2.17. The highest BCUT2D eigenvalue weighted by Crippen LogP contribution is 2.32. The summed E-state index contributed by atoms with van der Waals surface area (Å²) < 4.78 is 13.1. The maximum Gasteiger partial charge on any atom is 0.234 e. The summed E-state index contributed by atoms with van der Waals surface area (Å²) in [5, 5.41) is 12.2. The molecule has 1 aliphatic heterocycles. The predicted octanol–water partition coefficient (Wildman–Crippen LogP) is 3.31. The summed E-state index contributed by atoms with van der Waals surface area (Å²) in [6.07, 6.45) is 0.995. The van der Waals surface area contributed by atoms with Gasteiger partial charge in [-0.1, -0.05) is 32.5 Å². The Morgan fingerprint density at radius 2 is 2.04 bits per heavy atom. The molecule has 2 aromatic rings. The number of nitrogens with one attached hydrogen (secondary N) is 1. The van der Waals surface area contributed by atoms with E-state index < -0.39 is 0 Å². The number of thioether (sulfide) groups is 1. The van der Waals surface area contributed by atoms with Crippen molar-refractivity contribution in [1.82, 2.24) is 14.8 Å². The number of fused-ring (bicyclic) bond motifs is 1. The van der Waals surface area contributed by atoms with Crippen LogP contribution in [0.5, 0.6) is 11.5 Å². The van der Waals surface area contributed by atoms with Crippen LogP contribution < -0.4 is 14.8 Å². The van der Waals surface area contributed by atoms with E-state index in [-0.39, 0.29) is 11.7 Å². The van der Waals surface area contributed by atoms with Gasteiger partial charge in [0, 0.05) is 24.2 Å². The molecule has 0 saturated carbocycles. The lowest BCUT2D eigenvalue weighted by atomic mass is 10.2. The highest BCUT2D eigenvalue weighted by molar-refractivity contribution is 7.99. The molecule has 1 aromatic heterocycles. The van der Waals surface area contributed by atoms with Crippen LogP contribution in [0.2, 0.25) is 0 Å². The van der Waals surface area contributed by atoms with Gasteiger partial charge in [-0.3, -0.25) is 4.79 Å². The minimum atomic E-state index is -0.0937. The van der Waals surface area contributed by atoms with Gasteiger partial charge in [0.05, 0.1) is 5.75 Å². The van der Waals surface area contributed by atoms with E-state index in [0.29, 0.717) is 36.3 Å². The molecule has 0 aliphatic carbocycles. The van der Waals surface area contributed by atoms with Crippen molar-refractivity contribution in [3.05, 3.63) is 24.0 Å². The van der Waals surface area contributed by atoms with Crippen LogP contribution in [-0.4, -0.2) is 39.6 Å². The standard InChI is InChI=1S/C18H24N4O3S/c1-4-7-22-17(12(2)3)20-21-18(22)26-11-16(23)19-13-5-6-14-15(10-13)25-9-8-24-14/h5-6,10,12H,4,7-9,11H2,1-3H3,(H,19,23). The minimum Gasteiger partial charge on any atom is -0.486 e. The number of nitrogens with zero attached hydrogens (tertiary/aromatic N) is 3.